The minimum Gasteiger partial charge on any atom is -0.397 e. The molecule has 1 rings (SSSR count). The number of aliphatic hydroxyl groups is 1. The van der Waals surface area contributed by atoms with Gasteiger partial charge in [0.1, 0.15) is 0 Å². The molecular formula is C12H21N3O4S. The molecule has 20 heavy (non-hydrogen) atoms. The number of ether oxygens (including phenoxy) is 1. The first-order valence-corrected chi connectivity index (χ1v) is 7.63. The van der Waals surface area contributed by atoms with Crippen molar-refractivity contribution in [2.75, 3.05) is 38.4 Å². The zero-order valence-corrected chi connectivity index (χ0v) is 12.4. The van der Waals surface area contributed by atoms with Crippen LogP contribution in [0.1, 0.15) is 6.42 Å². The first-order valence-electron chi connectivity index (χ1n) is 6.14. The summed E-state index contributed by atoms with van der Waals surface area (Å²) in [6.07, 6.45) is -0.103. The van der Waals surface area contributed by atoms with E-state index in [-0.39, 0.29) is 11.5 Å². The average Bonchev–Trinajstić information content (AvgIpc) is 2.41. The molecule has 0 aliphatic heterocycles. The van der Waals surface area contributed by atoms with E-state index in [1.54, 1.807) is 0 Å². The van der Waals surface area contributed by atoms with Crippen molar-refractivity contribution in [1.29, 1.82) is 0 Å². The van der Waals surface area contributed by atoms with Crippen LogP contribution >= 0.6 is 0 Å². The van der Waals surface area contributed by atoms with Crippen LogP contribution in [0.3, 0.4) is 0 Å². The lowest BCUT2D eigenvalue weighted by Gasteiger charge is -2.13. The lowest BCUT2D eigenvalue weighted by molar-refractivity contribution is 0.0615. The number of anilines is 2. The van der Waals surface area contributed by atoms with Gasteiger partial charge in [-0.3, -0.25) is 0 Å². The van der Waals surface area contributed by atoms with Gasteiger partial charge >= 0.3 is 0 Å². The van der Waals surface area contributed by atoms with Crippen LogP contribution in [0, 0.1) is 0 Å². The number of aliphatic hydroxyl groups excluding tert-OH is 1. The number of sulfonamides is 1. The molecule has 1 atom stereocenters. The first-order chi connectivity index (χ1) is 9.40. The van der Waals surface area contributed by atoms with E-state index in [0.29, 0.717) is 24.3 Å². The molecule has 0 bridgehead atoms. The number of rotatable bonds is 8. The second-order valence-electron chi connectivity index (χ2n) is 4.28. The molecule has 7 nitrogen and oxygen atoms in total. The largest absolute Gasteiger partial charge is 0.397 e. The maximum Gasteiger partial charge on any atom is 0.240 e. The highest BCUT2D eigenvalue weighted by Crippen LogP contribution is 2.22. The molecule has 8 heteroatoms. The van der Waals surface area contributed by atoms with Crippen molar-refractivity contribution >= 4 is 21.4 Å². The Morgan fingerprint density at radius 1 is 1.45 bits per heavy atom. The molecule has 0 fully saturated rings. The zero-order valence-electron chi connectivity index (χ0n) is 11.6. The Bertz CT molecular complexity index is 534. The fraction of sp³-hybridized carbons (Fsp3) is 0.500. The van der Waals surface area contributed by atoms with E-state index in [0.717, 1.165) is 0 Å². The van der Waals surface area contributed by atoms with Crippen LogP contribution in [0.4, 0.5) is 11.4 Å². The monoisotopic (exact) mass is 303 g/mol. The van der Waals surface area contributed by atoms with Crippen molar-refractivity contribution in [2.24, 2.45) is 0 Å². The van der Waals surface area contributed by atoms with Gasteiger partial charge in [0.2, 0.25) is 10.0 Å². The van der Waals surface area contributed by atoms with Crippen LogP contribution in [0.2, 0.25) is 0 Å². The van der Waals surface area contributed by atoms with Crippen LogP contribution in [0.5, 0.6) is 0 Å². The van der Waals surface area contributed by atoms with E-state index in [2.05, 4.69) is 10.0 Å². The van der Waals surface area contributed by atoms with E-state index >= 15 is 0 Å². The SMILES string of the molecule is CNS(=O)(=O)c1ccc(N)c(NCCC(O)COC)c1. The van der Waals surface area contributed by atoms with E-state index in [4.69, 9.17) is 10.5 Å². The molecule has 1 aromatic carbocycles. The van der Waals surface area contributed by atoms with Crippen molar-refractivity contribution in [3.8, 4) is 0 Å². The highest BCUT2D eigenvalue weighted by Gasteiger charge is 2.13. The molecule has 0 radical (unpaired) electrons. The maximum atomic E-state index is 11.7. The first kappa shape index (κ1) is 16.7. The zero-order chi connectivity index (χ0) is 15.2. The highest BCUT2D eigenvalue weighted by molar-refractivity contribution is 7.89. The fourth-order valence-electron chi connectivity index (χ4n) is 1.62. The third-order valence-electron chi connectivity index (χ3n) is 2.76. The quantitative estimate of drug-likeness (QED) is 0.502. The average molecular weight is 303 g/mol. The molecule has 114 valence electrons. The Morgan fingerprint density at radius 3 is 2.75 bits per heavy atom. The van der Waals surface area contributed by atoms with Crippen LogP contribution in [0.15, 0.2) is 23.1 Å². The van der Waals surface area contributed by atoms with Gasteiger partial charge in [0.25, 0.3) is 0 Å². The molecule has 0 amide bonds. The predicted octanol–water partition coefficient (Wildman–Crippen LogP) is -0.0138. The Kier molecular flexibility index (Phi) is 6.21. The van der Waals surface area contributed by atoms with Crippen molar-refractivity contribution in [3.05, 3.63) is 18.2 Å². The number of nitrogens with one attached hydrogen (secondary N) is 2. The van der Waals surface area contributed by atoms with Crippen LogP contribution in [-0.4, -0.2) is 46.9 Å². The van der Waals surface area contributed by atoms with E-state index in [1.807, 2.05) is 0 Å². The molecule has 0 saturated carbocycles. The number of methoxy groups -OCH3 is 1. The molecule has 1 unspecified atom stereocenters. The highest BCUT2D eigenvalue weighted by atomic mass is 32.2. The molecule has 5 N–H and O–H groups in total. The summed E-state index contributed by atoms with van der Waals surface area (Å²) < 4.78 is 30.5. The molecule has 0 aliphatic carbocycles. The number of benzene rings is 1. The summed E-state index contributed by atoms with van der Waals surface area (Å²) in [5, 5.41) is 12.5. The predicted molar refractivity (Wildman–Crippen MR) is 78.1 cm³/mol. The molecule has 0 aliphatic rings. The number of hydrogen-bond acceptors (Lipinski definition) is 6. The van der Waals surface area contributed by atoms with Crippen molar-refractivity contribution < 1.29 is 18.3 Å². The van der Waals surface area contributed by atoms with Gasteiger partial charge in [-0.2, -0.15) is 0 Å². The van der Waals surface area contributed by atoms with Gasteiger partial charge in [-0.05, 0) is 31.7 Å². The summed E-state index contributed by atoms with van der Waals surface area (Å²) >= 11 is 0. The summed E-state index contributed by atoms with van der Waals surface area (Å²) in [4.78, 5) is 0.133. The van der Waals surface area contributed by atoms with Crippen molar-refractivity contribution in [2.45, 2.75) is 17.4 Å². The number of nitrogens with two attached hydrogens (primary N) is 1. The van der Waals surface area contributed by atoms with Gasteiger partial charge in [-0.15, -0.1) is 0 Å². The van der Waals surface area contributed by atoms with Crippen molar-refractivity contribution in [1.82, 2.24) is 4.72 Å². The summed E-state index contributed by atoms with van der Waals surface area (Å²) in [5.74, 6) is 0. The Labute approximate surface area is 119 Å². The Balaban J connectivity index is 2.73. The second kappa shape index (κ2) is 7.44. The Morgan fingerprint density at radius 2 is 2.15 bits per heavy atom. The van der Waals surface area contributed by atoms with Gasteiger partial charge in [-0.25, -0.2) is 13.1 Å². The third-order valence-corrected chi connectivity index (χ3v) is 4.17. The van der Waals surface area contributed by atoms with Gasteiger partial charge < -0.3 is 20.9 Å². The normalized spacial score (nSPS) is 13.2. The molecule has 0 spiro atoms. The molecule has 1 aromatic rings. The topological polar surface area (TPSA) is 114 Å². The molecule has 0 saturated heterocycles. The molecule has 0 heterocycles. The van der Waals surface area contributed by atoms with Crippen LogP contribution in [0.25, 0.3) is 0 Å². The maximum absolute atomic E-state index is 11.7. The second-order valence-corrected chi connectivity index (χ2v) is 6.17. The van der Waals surface area contributed by atoms with Crippen molar-refractivity contribution in [3.63, 3.8) is 0 Å². The summed E-state index contributed by atoms with van der Waals surface area (Å²) in [6, 6.07) is 4.42. The molecule has 0 aromatic heterocycles. The van der Waals surface area contributed by atoms with Gasteiger partial charge in [0.05, 0.1) is 29.0 Å². The summed E-state index contributed by atoms with van der Waals surface area (Å²) in [6.45, 7) is 0.711. The van der Waals surface area contributed by atoms with Gasteiger partial charge in [-0.1, -0.05) is 0 Å². The third kappa shape index (κ3) is 4.64. The van der Waals surface area contributed by atoms with E-state index in [1.165, 1.54) is 32.4 Å². The standard InChI is InChI=1S/C12H21N3O4S/c1-14-20(17,18)10-3-4-11(13)12(7-10)15-6-5-9(16)8-19-2/h3-4,7,9,14-16H,5-6,8,13H2,1-2H3. The van der Waals surface area contributed by atoms with Crippen LogP contribution < -0.4 is 15.8 Å². The summed E-state index contributed by atoms with van der Waals surface area (Å²) in [7, 11) is -0.641. The number of nitrogen functional groups attached to an aromatic ring is 1. The fourth-order valence-corrected chi connectivity index (χ4v) is 2.38. The summed E-state index contributed by atoms with van der Waals surface area (Å²) in [5.41, 5.74) is 6.75. The van der Waals surface area contributed by atoms with Gasteiger partial charge in [0.15, 0.2) is 0 Å². The minimum absolute atomic E-state index is 0.133. The van der Waals surface area contributed by atoms with Gasteiger partial charge in [0, 0.05) is 13.7 Å². The van der Waals surface area contributed by atoms with E-state index in [9.17, 15) is 13.5 Å². The minimum atomic E-state index is -3.50. The lowest BCUT2D eigenvalue weighted by Crippen LogP contribution is -2.20. The Hall–Kier alpha value is -1.35. The van der Waals surface area contributed by atoms with E-state index < -0.39 is 16.1 Å². The molecular weight excluding hydrogens is 282 g/mol. The number of hydrogen-bond donors (Lipinski definition) is 4. The lowest BCUT2D eigenvalue weighted by atomic mass is 10.2. The van der Waals surface area contributed by atoms with Crippen LogP contribution in [-0.2, 0) is 14.8 Å². The smallest absolute Gasteiger partial charge is 0.240 e.